The summed E-state index contributed by atoms with van der Waals surface area (Å²) in [4.78, 5) is 36.2. The Labute approximate surface area is 153 Å². The smallest absolute Gasteiger partial charge is 0.330 e. The van der Waals surface area contributed by atoms with Crippen molar-refractivity contribution < 1.29 is 19.5 Å². The highest BCUT2D eigenvalue weighted by Gasteiger charge is 2.29. The summed E-state index contributed by atoms with van der Waals surface area (Å²) in [6.45, 7) is 3.65. The maximum absolute atomic E-state index is 12.4. The summed E-state index contributed by atoms with van der Waals surface area (Å²) >= 11 is 0. The molecule has 0 aliphatic rings. The predicted molar refractivity (Wildman–Crippen MR) is 98.7 cm³/mol. The topological polar surface area (TPSA) is 83.5 Å². The van der Waals surface area contributed by atoms with Gasteiger partial charge in [-0.25, -0.2) is 4.79 Å². The molecule has 2 aromatic carbocycles. The minimum absolute atomic E-state index is 0.0405. The standard InChI is InChI=1S/C21H23NO4/c1-21(2,13-17(23)15-9-5-3-6-10-15)14-18(24)22-19(20(25)26)16-11-7-4-8-12-16/h3-12,19H,13-14H2,1-2H3,(H,22,24)(H,25,26)/t19-/m0/s1. The third-order valence-electron chi connectivity index (χ3n) is 4.06. The molecule has 26 heavy (non-hydrogen) atoms. The third-order valence-corrected chi connectivity index (χ3v) is 4.06. The Balaban J connectivity index is 2.00. The number of nitrogens with one attached hydrogen (secondary N) is 1. The van der Waals surface area contributed by atoms with Crippen molar-refractivity contribution in [3.63, 3.8) is 0 Å². The third kappa shape index (κ3) is 5.55. The van der Waals surface area contributed by atoms with Crippen LogP contribution >= 0.6 is 0 Å². The number of hydrogen-bond acceptors (Lipinski definition) is 3. The second-order valence-electron chi connectivity index (χ2n) is 7.06. The van der Waals surface area contributed by atoms with Crippen molar-refractivity contribution in [3.8, 4) is 0 Å². The Morgan fingerprint density at radius 1 is 0.923 bits per heavy atom. The van der Waals surface area contributed by atoms with E-state index in [0.29, 0.717) is 11.1 Å². The van der Waals surface area contributed by atoms with Crippen LogP contribution in [0.1, 0.15) is 48.7 Å². The van der Waals surface area contributed by atoms with Gasteiger partial charge in [0.1, 0.15) is 0 Å². The van der Waals surface area contributed by atoms with Crippen molar-refractivity contribution in [1.29, 1.82) is 0 Å². The number of hydrogen-bond donors (Lipinski definition) is 2. The Kier molecular flexibility index (Phi) is 6.28. The summed E-state index contributed by atoms with van der Waals surface area (Å²) in [5.74, 6) is -1.56. The van der Waals surface area contributed by atoms with E-state index in [-0.39, 0.29) is 18.6 Å². The van der Waals surface area contributed by atoms with Gasteiger partial charge in [0.2, 0.25) is 5.91 Å². The van der Waals surface area contributed by atoms with Crippen LogP contribution in [0.3, 0.4) is 0 Å². The van der Waals surface area contributed by atoms with E-state index in [4.69, 9.17) is 0 Å². The molecule has 0 spiro atoms. The molecule has 0 bridgehead atoms. The normalized spacial score (nSPS) is 12.2. The van der Waals surface area contributed by atoms with Gasteiger partial charge in [-0.2, -0.15) is 0 Å². The van der Waals surface area contributed by atoms with Gasteiger partial charge in [0, 0.05) is 18.4 Å². The molecular weight excluding hydrogens is 330 g/mol. The largest absolute Gasteiger partial charge is 0.479 e. The number of Topliss-reactive ketones (excluding diaryl/α,β-unsaturated/α-hetero) is 1. The van der Waals surface area contributed by atoms with E-state index in [0.717, 1.165) is 0 Å². The first-order chi connectivity index (χ1) is 12.3. The molecule has 136 valence electrons. The molecule has 2 aromatic rings. The van der Waals surface area contributed by atoms with Crippen LogP contribution in [-0.4, -0.2) is 22.8 Å². The number of ketones is 1. The van der Waals surface area contributed by atoms with E-state index in [1.165, 1.54) is 0 Å². The summed E-state index contributed by atoms with van der Waals surface area (Å²) in [6.07, 6.45) is 0.260. The molecule has 1 atom stereocenters. The fraction of sp³-hybridized carbons (Fsp3) is 0.286. The Morgan fingerprint density at radius 3 is 2.00 bits per heavy atom. The van der Waals surface area contributed by atoms with Crippen LogP contribution in [0, 0.1) is 5.41 Å². The molecule has 0 heterocycles. The van der Waals surface area contributed by atoms with Gasteiger partial charge < -0.3 is 10.4 Å². The number of carbonyl (C=O) groups excluding carboxylic acids is 2. The van der Waals surface area contributed by atoms with E-state index < -0.39 is 23.3 Å². The number of aliphatic carboxylic acids is 1. The second kappa shape index (κ2) is 8.43. The molecule has 0 unspecified atom stereocenters. The van der Waals surface area contributed by atoms with Crippen LogP contribution < -0.4 is 5.32 Å². The summed E-state index contributed by atoms with van der Waals surface area (Å²) in [7, 11) is 0. The number of rotatable bonds is 8. The Morgan fingerprint density at radius 2 is 1.46 bits per heavy atom. The van der Waals surface area contributed by atoms with Crippen molar-refractivity contribution in [1.82, 2.24) is 5.32 Å². The monoisotopic (exact) mass is 353 g/mol. The van der Waals surface area contributed by atoms with Crippen molar-refractivity contribution in [2.45, 2.75) is 32.7 Å². The number of carboxylic acid groups (broad SMARTS) is 1. The van der Waals surface area contributed by atoms with Crippen LogP contribution in [0.2, 0.25) is 0 Å². The summed E-state index contributed by atoms with van der Waals surface area (Å²) in [6, 6.07) is 16.3. The molecule has 0 saturated heterocycles. The summed E-state index contributed by atoms with van der Waals surface area (Å²) < 4.78 is 0. The van der Waals surface area contributed by atoms with Gasteiger partial charge in [0.15, 0.2) is 11.8 Å². The predicted octanol–water partition coefficient (Wildman–Crippen LogP) is 3.62. The van der Waals surface area contributed by atoms with Gasteiger partial charge >= 0.3 is 5.97 Å². The molecule has 2 N–H and O–H groups in total. The van der Waals surface area contributed by atoms with Gasteiger partial charge in [-0.05, 0) is 11.0 Å². The molecule has 0 radical (unpaired) electrons. The van der Waals surface area contributed by atoms with Gasteiger partial charge in [0.25, 0.3) is 0 Å². The zero-order chi connectivity index (χ0) is 19.2. The molecular formula is C21H23NO4. The van der Waals surface area contributed by atoms with Gasteiger partial charge in [0.05, 0.1) is 0 Å². The Hall–Kier alpha value is -2.95. The summed E-state index contributed by atoms with van der Waals surface area (Å²) in [5.41, 5.74) is 0.525. The molecule has 0 aromatic heterocycles. The average molecular weight is 353 g/mol. The molecule has 0 aliphatic heterocycles. The molecule has 5 nitrogen and oxygen atoms in total. The molecule has 5 heteroatoms. The number of carbonyl (C=O) groups is 3. The van der Waals surface area contributed by atoms with E-state index >= 15 is 0 Å². The van der Waals surface area contributed by atoms with Crippen LogP contribution in [-0.2, 0) is 9.59 Å². The minimum Gasteiger partial charge on any atom is -0.479 e. The van der Waals surface area contributed by atoms with Crippen LogP contribution in [0.4, 0.5) is 0 Å². The van der Waals surface area contributed by atoms with Crippen LogP contribution in [0.5, 0.6) is 0 Å². The lowest BCUT2D eigenvalue weighted by atomic mass is 9.82. The van der Waals surface area contributed by atoms with Crippen molar-refractivity contribution in [3.05, 3.63) is 71.8 Å². The molecule has 0 saturated carbocycles. The van der Waals surface area contributed by atoms with Gasteiger partial charge in [-0.3, -0.25) is 9.59 Å². The van der Waals surface area contributed by atoms with E-state index in [2.05, 4.69) is 5.32 Å². The van der Waals surface area contributed by atoms with Crippen molar-refractivity contribution in [2.24, 2.45) is 5.41 Å². The van der Waals surface area contributed by atoms with E-state index in [1.54, 1.807) is 54.6 Å². The first kappa shape index (κ1) is 19.4. The fourth-order valence-corrected chi connectivity index (χ4v) is 2.80. The minimum atomic E-state index is -1.12. The molecule has 0 fully saturated rings. The first-order valence-corrected chi connectivity index (χ1v) is 8.44. The SMILES string of the molecule is CC(C)(CC(=O)N[C@H](C(=O)O)c1ccccc1)CC(=O)c1ccccc1. The number of carboxylic acids is 1. The van der Waals surface area contributed by atoms with Gasteiger partial charge in [-0.1, -0.05) is 74.5 Å². The fourth-order valence-electron chi connectivity index (χ4n) is 2.80. The zero-order valence-corrected chi connectivity index (χ0v) is 14.9. The lowest BCUT2D eigenvalue weighted by Gasteiger charge is -2.24. The van der Waals surface area contributed by atoms with Crippen molar-refractivity contribution >= 4 is 17.7 Å². The highest BCUT2D eigenvalue weighted by Crippen LogP contribution is 2.27. The zero-order valence-electron chi connectivity index (χ0n) is 14.9. The van der Waals surface area contributed by atoms with E-state index in [1.807, 2.05) is 19.9 Å². The highest BCUT2D eigenvalue weighted by molar-refractivity contribution is 5.96. The van der Waals surface area contributed by atoms with Gasteiger partial charge in [-0.15, -0.1) is 0 Å². The summed E-state index contributed by atoms with van der Waals surface area (Å²) in [5, 5.41) is 12.0. The lowest BCUT2D eigenvalue weighted by molar-refractivity contribution is -0.142. The quantitative estimate of drug-likeness (QED) is 0.710. The maximum Gasteiger partial charge on any atom is 0.330 e. The highest BCUT2D eigenvalue weighted by atomic mass is 16.4. The van der Waals surface area contributed by atoms with Crippen molar-refractivity contribution in [2.75, 3.05) is 0 Å². The maximum atomic E-state index is 12.4. The number of amides is 1. The first-order valence-electron chi connectivity index (χ1n) is 8.44. The number of benzene rings is 2. The second-order valence-corrected chi connectivity index (χ2v) is 7.06. The molecule has 2 rings (SSSR count). The Bertz CT molecular complexity index is 769. The van der Waals surface area contributed by atoms with E-state index in [9.17, 15) is 19.5 Å². The molecule has 1 amide bonds. The average Bonchev–Trinajstić information content (AvgIpc) is 2.60. The van der Waals surface area contributed by atoms with Crippen LogP contribution in [0.15, 0.2) is 60.7 Å². The van der Waals surface area contributed by atoms with Crippen LogP contribution in [0.25, 0.3) is 0 Å². The lowest BCUT2D eigenvalue weighted by Crippen LogP contribution is -2.36. The molecule has 0 aliphatic carbocycles.